The van der Waals surface area contributed by atoms with Gasteiger partial charge in [-0.15, -0.1) is 0 Å². The Morgan fingerprint density at radius 2 is 2.00 bits per heavy atom. The molecule has 0 saturated heterocycles. The van der Waals surface area contributed by atoms with Gasteiger partial charge in [-0.3, -0.25) is 9.59 Å². The Morgan fingerprint density at radius 3 is 2.44 bits per heavy atom. The maximum Gasteiger partial charge on any atom is 0.314 e. The highest BCUT2D eigenvalue weighted by Crippen LogP contribution is 2.50. The normalized spacial score (nSPS) is 16.8. The maximum absolute atomic E-state index is 13.6. The Hall–Kier alpha value is -1.91. The van der Waals surface area contributed by atoms with Crippen LogP contribution < -0.4 is 5.73 Å². The van der Waals surface area contributed by atoms with Crippen molar-refractivity contribution in [2.75, 3.05) is 0 Å². The second-order valence-electron chi connectivity index (χ2n) is 3.91. The fourth-order valence-electron chi connectivity index (χ4n) is 1.91. The third kappa shape index (κ3) is 1.36. The first-order valence-electron chi connectivity index (χ1n) is 4.81. The number of halogens is 1. The summed E-state index contributed by atoms with van der Waals surface area (Å²) in [5.41, 5.74) is 3.74. The van der Waals surface area contributed by atoms with Crippen molar-refractivity contribution in [1.82, 2.24) is 0 Å². The number of rotatable bonds is 3. The van der Waals surface area contributed by atoms with Crippen LogP contribution in [-0.4, -0.2) is 17.0 Å². The topological polar surface area (TPSA) is 80.4 Å². The molecule has 1 amide bonds. The molecule has 0 atom stereocenters. The fraction of sp³-hybridized carbons (Fsp3) is 0.273. The first kappa shape index (κ1) is 10.6. The van der Waals surface area contributed by atoms with Crippen LogP contribution in [0.25, 0.3) is 0 Å². The minimum absolute atomic E-state index is 0.0418. The summed E-state index contributed by atoms with van der Waals surface area (Å²) in [6, 6.07) is 3.84. The van der Waals surface area contributed by atoms with Crippen LogP contribution in [0.15, 0.2) is 18.2 Å². The second kappa shape index (κ2) is 3.30. The minimum atomic E-state index is -1.25. The number of hydrogen-bond donors (Lipinski definition) is 2. The number of nitrogens with two attached hydrogens (primary N) is 1. The molecular formula is C11H10FNO3. The molecule has 0 aromatic heterocycles. The van der Waals surface area contributed by atoms with Crippen LogP contribution >= 0.6 is 0 Å². The van der Waals surface area contributed by atoms with Crippen molar-refractivity contribution in [1.29, 1.82) is 0 Å². The molecule has 0 bridgehead atoms. The van der Waals surface area contributed by atoms with Crippen LogP contribution in [0.2, 0.25) is 0 Å². The molecule has 1 fully saturated rings. The van der Waals surface area contributed by atoms with Gasteiger partial charge in [0.15, 0.2) is 0 Å². The number of hydrogen-bond acceptors (Lipinski definition) is 2. The third-order valence-electron chi connectivity index (χ3n) is 2.92. The Balaban J connectivity index is 2.64. The van der Waals surface area contributed by atoms with E-state index in [9.17, 15) is 14.0 Å². The molecule has 3 N–H and O–H groups in total. The van der Waals surface area contributed by atoms with Crippen molar-refractivity contribution in [3.63, 3.8) is 0 Å². The Kier molecular flexibility index (Phi) is 2.18. The zero-order valence-corrected chi connectivity index (χ0v) is 8.37. The average molecular weight is 223 g/mol. The number of carboxylic acid groups (broad SMARTS) is 1. The lowest BCUT2D eigenvalue weighted by molar-refractivity contribution is -0.140. The first-order chi connectivity index (χ1) is 7.49. The van der Waals surface area contributed by atoms with E-state index in [0.717, 1.165) is 6.07 Å². The monoisotopic (exact) mass is 223 g/mol. The Bertz CT molecular complexity index is 480. The Morgan fingerprint density at radius 1 is 1.38 bits per heavy atom. The van der Waals surface area contributed by atoms with Gasteiger partial charge in [-0.25, -0.2) is 4.39 Å². The van der Waals surface area contributed by atoms with Gasteiger partial charge in [0.1, 0.15) is 5.82 Å². The predicted molar refractivity (Wildman–Crippen MR) is 53.5 cm³/mol. The summed E-state index contributed by atoms with van der Waals surface area (Å²) in [5.74, 6) is -2.60. The van der Waals surface area contributed by atoms with Crippen molar-refractivity contribution in [2.24, 2.45) is 5.73 Å². The number of aliphatic carboxylic acids is 1. The van der Waals surface area contributed by atoms with E-state index in [4.69, 9.17) is 10.8 Å². The zero-order valence-electron chi connectivity index (χ0n) is 8.37. The highest BCUT2D eigenvalue weighted by atomic mass is 19.1. The van der Waals surface area contributed by atoms with Gasteiger partial charge in [0, 0.05) is 11.1 Å². The van der Waals surface area contributed by atoms with Gasteiger partial charge in [0.25, 0.3) is 0 Å². The summed E-state index contributed by atoms with van der Waals surface area (Å²) in [6.07, 6.45) is 0.674. The van der Waals surface area contributed by atoms with Crippen LogP contribution in [-0.2, 0) is 10.2 Å². The average Bonchev–Trinajstić information content (AvgIpc) is 2.98. The first-order valence-corrected chi connectivity index (χ1v) is 4.81. The number of carbonyl (C=O) groups excluding carboxylic acids is 1. The lowest BCUT2D eigenvalue weighted by Crippen LogP contribution is -2.26. The van der Waals surface area contributed by atoms with Crippen molar-refractivity contribution in [3.8, 4) is 0 Å². The lowest BCUT2D eigenvalue weighted by atomic mass is 9.90. The van der Waals surface area contributed by atoms with E-state index < -0.39 is 23.1 Å². The molecule has 1 saturated carbocycles. The van der Waals surface area contributed by atoms with Gasteiger partial charge in [-0.2, -0.15) is 0 Å². The lowest BCUT2D eigenvalue weighted by Gasteiger charge is -2.14. The van der Waals surface area contributed by atoms with Crippen LogP contribution in [0.4, 0.5) is 4.39 Å². The smallest absolute Gasteiger partial charge is 0.314 e. The van der Waals surface area contributed by atoms with E-state index >= 15 is 0 Å². The predicted octanol–water partition coefficient (Wildman–Crippen LogP) is 1.04. The summed E-state index contributed by atoms with van der Waals surface area (Å²) >= 11 is 0. The molecule has 16 heavy (non-hydrogen) atoms. The molecule has 1 aliphatic carbocycles. The molecule has 1 aromatic rings. The molecule has 4 nitrogen and oxygen atoms in total. The van der Waals surface area contributed by atoms with Gasteiger partial charge < -0.3 is 10.8 Å². The second-order valence-corrected chi connectivity index (χ2v) is 3.91. The van der Waals surface area contributed by atoms with Crippen LogP contribution in [0.1, 0.15) is 28.8 Å². The van der Waals surface area contributed by atoms with Gasteiger partial charge in [-0.1, -0.05) is 6.07 Å². The van der Waals surface area contributed by atoms with E-state index in [-0.39, 0.29) is 11.1 Å². The molecule has 1 aliphatic rings. The highest BCUT2D eigenvalue weighted by molar-refractivity contribution is 5.98. The summed E-state index contributed by atoms with van der Waals surface area (Å²) < 4.78 is 13.6. The molecule has 0 aliphatic heterocycles. The SMILES string of the molecule is NC(=O)c1cccc(F)c1C1(C(=O)O)CC1. The molecular weight excluding hydrogens is 213 g/mol. The van der Waals surface area contributed by atoms with Crippen LogP contribution in [0, 0.1) is 5.82 Å². The number of benzene rings is 1. The molecule has 1 aromatic carbocycles. The summed E-state index contributed by atoms with van der Waals surface area (Å²) in [4.78, 5) is 22.2. The molecule has 0 unspecified atom stereocenters. The molecule has 0 spiro atoms. The standard InChI is InChI=1S/C11H10FNO3/c12-7-3-1-2-6(9(13)14)8(7)11(4-5-11)10(15)16/h1-3H,4-5H2,(H2,13,14)(H,15,16). The molecule has 0 heterocycles. The fourth-order valence-corrected chi connectivity index (χ4v) is 1.91. The van der Waals surface area contributed by atoms with Gasteiger partial charge >= 0.3 is 5.97 Å². The van der Waals surface area contributed by atoms with E-state index in [1.165, 1.54) is 12.1 Å². The van der Waals surface area contributed by atoms with Crippen molar-refractivity contribution < 1.29 is 19.1 Å². The number of primary amides is 1. The van der Waals surface area contributed by atoms with E-state index in [2.05, 4.69) is 0 Å². The number of amides is 1. The summed E-state index contributed by atoms with van der Waals surface area (Å²) in [6.45, 7) is 0. The van der Waals surface area contributed by atoms with Crippen LogP contribution in [0.5, 0.6) is 0 Å². The van der Waals surface area contributed by atoms with E-state index in [1.54, 1.807) is 0 Å². The summed E-state index contributed by atoms with van der Waals surface area (Å²) in [7, 11) is 0. The molecule has 0 radical (unpaired) electrons. The zero-order chi connectivity index (χ0) is 11.9. The van der Waals surface area contributed by atoms with Crippen molar-refractivity contribution >= 4 is 11.9 Å². The minimum Gasteiger partial charge on any atom is -0.481 e. The third-order valence-corrected chi connectivity index (χ3v) is 2.92. The quantitative estimate of drug-likeness (QED) is 0.803. The molecule has 5 heteroatoms. The van der Waals surface area contributed by atoms with Crippen molar-refractivity contribution in [3.05, 3.63) is 35.1 Å². The van der Waals surface area contributed by atoms with Gasteiger partial charge in [0.05, 0.1) is 5.41 Å². The van der Waals surface area contributed by atoms with Crippen LogP contribution in [0.3, 0.4) is 0 Å². The molecule has 84 valence electrons. The van der Waals surface area contributed by atoms with E-state index in [0.29, 0.717) is 12.8 Å². The summed E-state index contributed by atoms with van der Waals surface area (Å²) in [5, 5.41) is 9.07. The Labute approximate surface area is 90.9 Å². The van der Waals surface area contributed by atoms with Gasteiger partial charge in [0.2, 0.25) is 5.91 Å². The number of carbonyl (C=O) groups is 2. The number of carboxylic acids is 1. The molecule has 2 rings (SSSR count). The highest BCUT2D eigenvalue weighted by Gasteiger charge is 2.54. The largest absolute Gasteiger partial charge is 0.481 e. The van der Waals surface area contributed by atoms with Crippen molar-refractivity contribution in [2.45, 2.75) is 18.3 Å². The van der Waals surface area contributed by atoms with Gasteiger partial charge in [-0.05, 0) is 25.0 Å². The van der Waals surface area contributed by atoms with E-state index in [1.807, 2.05) is 0 Å². The maximum atomic E-state index is 13.6.